The number of carbonyl (C=O) groups excluding carboxylic acids is 1. The Morgan fingerprint density at radius 2 is 0.943 bits per heavy atom. The number of hydrogen-bond acceptors (Lipinski definition) is 10. The number of unbranched alkanes of at least 4 members (excludes halogenated alkanes) is 26. The monoisotopic (exact) mass is 990 g/mol. The minimum atomic E-state index is -1.67. The highest BCUT2D eigenvalue weighted by Crippen LogP contribution is 2.23. The first-order valence-corrected chi connectivity index (χ1v) is 28.7. The molecule has 9 unspecified atom stereocenters. The van der Waals surface area contributed by atoms with Crippen LogP contribution in [0.1, 0.15) is 239 Å². The average molecular weight is 991 g/mol. The van der Waals surface area contributed by atoms with Crippen molar-refractivity contribution < 1.29 is 50.0 Å². The van der Waals surface area contributed by atoms with Gasteiger partial charge in [-0.3, -0.25) is 4.79 Å². The number of amides is 1. The molecule has 8 N–H and O–H groups in total. The Morgan fingerprint density at radius 3 is 1.43 bits per heavy atom. The van der Waals surface area contributed by atoms with Gasteiger partial charge in [0.05, 0.1) is 25.4 Å². The Hall–Kier alpha value is -2.19. The second kappa shape index (κ2) is 47.8. The second-order valence-corrected chi connectivity index (χ2v) is 20.0. The summed E-state index contributed by atoms with van der Waals surface area (Å²) < 4.78 is 11.1. The normalized spacial score (nSPS) is 20.7. The lowest BCUT2D eigenvalue weighted by molar-refractivity contribution is -0.303. The number of allylic oxidation sites excluding steroid dienone is 10. The molecule has 0 bridgehead atoms. The van der Waals surface area contributed by atoms with Crippen molar-refractivity contribution in [3.8, 4) is 0 Å². The van der Waals surface area contributed by atoms with Crippen LogP contribution in [0.15, 0.2) is 60.8 Å². The van der Waals surface area contributed by atoms with Crippen molar-refractivity contribution in [2.45, 2.75) is 294 Å². The van der Waals surface area contributed by atoms with Crippen molar-refractivity contribution in [1.82, 2.24) is 5.32 Å². The molecule has 1 heterocycles. The maximum Gasteiger partial charge on any atom is 0.249 e. The Kier molecular flexibility index (Phi) is 44.9. The van der Waals surface area contributed by atoms with Crippen molar-refractivity contribution in [3.05, 3.63) is 60.8 Å². The topological polar surface area (TPSA) is 189 Å². The van der Waals surface area contributed by atoms with Crippen molar-refractivity contribution >= 4 is 5.91 Å². The van der Waals surface area contributed by atoms with Gasteiger partial charge in [0, 0.05) is 0 Å². The summed E-state index contributed by atoms with van der Waals surface area (Å²) >= 11 is 0. The van der Waals surface area contributed by atoms with Crippen molar-refractivity contribution in [3.63, 3.8) is 0 Å². The number of hydrogen-bond donors (Lipinski definition) is 8. The summed E-state index contributed by atoms with van der Waals surface area (Å²) in [6.45, 7) is 3.34. The number of rotatable bonds is 48. The molecule has 1 amide bonds. The SMILES string of the molecule is CC/C=C\C/C=C\CCCCCCCCCCCCCCCC(O)C(=O)NC(COC1OC(CO)C(O)C(O)C1O)C(O)C(O)CCC/C=C/CC/C=C/CC/C=C/CCCCCCCCCCCC. The van der Waals surface area contributed by atoms with Gasteiger partial charge in [0.15, 0.2) is 6.29 Å². The lowest BCUT2D eigenvalue weighted by atomic mass is 9.98. The minimum absolute atomic E-state index is 0.239. The van der Waals surface area contributed by atoms with Crippen molar-refractivity contribution in [2.24, 2.45) is 0 Å². The number of ether oxygens (including phenoxy) is 2. The van der Waals surface area contributed by atoms with E-state index in [0.29, 0.717) is 19.3 Å². The van der Waals surface area contributed by atoms with E-state index in [1.54, 1.807) is 0 Å². The molecular formula is C59H107NO10. The van der Waals surface area contributed by atoms with Gasteiger partial charge in [-0.1, -0.05) is 209 Å². The molecule has 1 aliphatic rings. The van der Waals surface area contributed by atoms with Crippen LogP contribution in [0, 0.1) is 0 Å². The summed E-state index contributed by atoms with van der Waals surface area (Å²) in [7, 11) is 0. The van der Waals surface area contributed by atoms with Gasteiger partial charge in [0.25, 0.3) is 0 Å². The average Bonchev–Trinajstić information content (AvgIpc) is 3.36. The third kappa shape index (κ3) is 35.8. The summed E-state index contributed by atoms with van der Waals surface area (Å²) in [5.74, 6) is -0.714. The van der Waals surface area contributed by atoms with E-state index in [1.807, 2.05) is 0 Å². The molecule has 0 aromatic rings. The van der Waals surface area contributed by atoms with Crippen LogP contribution in [0.2, 0.25) is 0 Å². The van der Waals surface area contributed by atoms with Crippen LogP contribution in [0.5, 0.6) is 0 Å². The highest BCUT2D eigenvalue weighted by atomic mass is 16.7. The van der Waals surface area contributed by atoms with E-state index >= 15 is 0 Å². The molecule has 0 saturated carbocycles. The fourth-order valence-electron chi connectivity index (χ4n) is 8.86. The first kappa shape index (κ1) is 65.8. The smallest absolute Gasteiger partial charge is 0.249 e. The van der Waals surface area contributed by atoms with Crippen LogP contribution in [-0.2, 0) is 14.3 Å². The zero-order valence-corrected chi connectivity index (χ0v) is 44.5. The van der Waals surface area contributed by atoms with E-state index < -0.39 is 74.2 Å². The maximum atomic E-state index is 13.2. The molecular weight excluding hydrogens is 883 g/mol. The lowest BCUT2D eigenvalue weighted by Gasteiger charge is -2.40. The second-order valence-electron chi connectivity index (χ2n) is 20.0. The van der Waals surface area contributed by atoms with E-state index in [-0.39, 0.29) is 12.8 Å². The summed E-state index contributed by atoms with van der Waals surface area (Å²) in [6, 6.07) is -1.20. The van der Waals surface area contributed by atoms with Gasteiger partial charge < -0.3 is 50.5 Å². The van der Waals surface area contributed by atoms with Crippen LogP contribution in [0.4, 0.5) is 0 Å². The van der Waals surface area contributed by atoms with Gasteiger partial charge in [-0.05, 0) is 89.9 Å². The van der Waals surface area contributed by atoms with E-state index in [0.717, 1.165) is 57.8 Å². The van der Waals surface area contributed by atoms with Crippen LogP contribution in [-0.4, -0.2) is 110 Å². The van der Waals surface area contributed by atoms with Crippen LogP contribution in [0.25, 0.3) is 0 Å². The van der Waals surface area contributed by atoms with Gasteiger partial charge >= 0.3 is 0 Å². The number of carbonyl (C=O) groups is 1. The highest BCUT2D eigenvalue weighted by molar-refractivity contribution is 5.80. The third-order valence-corrected chi connectivity index (χ3v) is 13.5. The van der Waals surface area contributed by atoms with Gasteiger partial charge in [0.2, 0.25) is 5.91 Å². The van der Waals surface area contributed by atoms with Crippen molar-refractivity contribution in [2.75, 3.05) is 13.2 Å². The standard InChI is InChI=1S/C59H107NO10/c1-3-5-7-9-11-13-15-17-19-21-23-25-26-27-29-30-32-34-36-38-40-42-44-46-51(62)54(64)50(49-69-59-57(67)56(66)55(65)53(48-61)70-59)60-58(68)52(63)47-45-43-41-39-37-35-33-31-28-24-22-20-18-16-14-12-10-8-6-4-2/h6,8,12,14,25-26,30,32,38,40,50-57,59,61-67H,3-5,7,9-11,13,15-24,27-29,31,33-37,39,41-49H2,1-2H3,(H,60,68)/b8-6-,14-12-,26-25+,32-30+,40-38+. The molecule has 0 aliphatic carbocycles. The van der Waals surface area contributed by atoms with E-state index in [9.17, 15) is 40.5 Å². The predicted molar refractivity (Wildman–Crippen MR) is 288 cm³/mol. The van der Waals surface area contributed by atoms with Gasteiger partial charge in [-0.25, -0.2) is 0 Å². The predicted octanol–water partition coefficient (Wildman–Crippen LogP) is 11.8. The molecule has 0 aromatic carbocycles. The molecule has 0 spiro atoms. The third-order valence-electron chi connectivity index (χ3n) is 13.5. The highest BCUT2D eigenvalue weighted by Gasteiger charge is 2.44. The minimum Gasteiger partial charge on any atom is -0.394 e. The first-order valence-electron chi connectivity index (χ1n) is 28.7. The molecule has 11 heteroatoms. The molecule has 9 atom stereocenters. The zero-order valence-electron chi connectivity index (χ0n) is 44.5. The van der Waals surface area contributed by atoms with Crippen LogP contribution in [0.3, 0.4) is 0 Å². The molecule has 1 rings (SSSR count). The zero-order chi connectivity index (χ0) is 51.1. The maximum absolute atomic E-state index is 13.2. The number of nitrogens with one attached hydrogen (secondary N) is 1. The molecule has 0 radical (unpaired) electrons. The molecule has 70 heavy (non-hydrogen) atoms. The molecule has 1 saturated heterocycles. The van der Waals surface area contributed by atoms with Gasteiger partial charge in [-0.15, -0.1) is 0 Å². The van der Waals surface area contributed by atoms with E-state index in [4.69, 9.17) is 9.47 Å². The lowest BCUT2D eigenvalue weighted by Crippen LogP contribution is -2.60. The van der Waals surface area contributed by atoms with Gasteiger partial charge in [-0.2, -0.15) is 0 Å². The van der Waals surface area contributed by atoms with Crippen LogP contribution >= 0.6 is 0 Å². The van der Waals surface area contributed by atoms with Gasteiger partial charge in [0.1, 0.15) is 36.6 Å². The molecule has 11 nitrogen and oxygen atoms in total. The number of aliphatic hydroxyl groups is 7. The quantitative estimate of drug-likeness (QED) is 0.0215. The molecule has 1 fully saturated rings. The fraction of sp³-hybridized carbons (Fsp3) is 0.814. The van der Waals surface area contributed by atoms with E-state index in [2.05, 4.69) is 79.9 Å². The van der Waals surface area contributed by atoms with Crippen LogP contribution < -0.4 is 5.32 Å². The summed E-state index contributed by atoms with van der Waals surface area (Å²) in [6.07, 6.45) is 49.8. The summed E-state index contributed by atoms with van der Waals surface area (Å²) in [5, 5.41) is 76.1. The number of aliphatic hydroxyl groups excluding tert-OH is 7. The molecule has 0 aromatic heterocycles. The molecule has 408 valence electrons. The summed E-state index contributed by atoms with van der Waals surface area (Å²) in [5.41, 5.74) is 0. The Balaban J connectivity index is 2.37. The van der Waals surface area contributed by atoms with Crippen molar-refractivity contribution in [1.29, 1.82) is 0 Å². The Labute approximate surface area is 427 Å². The fourth-order valence-corrected chi connectivity index (χ4v) is 8.86. The summed E-state index contributed by atoms with van der Waals surface area (Å²) in [4.78, 5) is 13.2. The molecule has 1 aliphatic heterocycles. The van der Waals surface area contributed by atoms with E-state index in [1.165, 1.54) is 135 Å². The largest absolute Gasteiger partial charge is 0.394 e. The first-order chi connectivity index (χ1) is 34.2. The Bertz CT molecular complexity index is 1320. The Morgan fingerprint density at radius 1 is 0.514 bits per heavy atom.